The molecule has 0 saturated heterocycles. The van der Waals surface area contributed by atoms with E-state index in [1.54, 1.807) is 0 Å². The summed E-state index contributed by atoms with van der Waals surface area (Å²) >= 11 is 0. The fourth-order valence-corrected chi connectivity index (χ4v) is 12.1. The van der Waals surface area contributed by atoms with E-state index in [1.165, 1.54) is 23.7 Å². The average Bonchev–Trinajstić information content (AvgIpc) is 2.48. The van der Waals surface area contributed by atoms with Crippen molar-refractivity contribution in [2.24, 2.45) is 0 Å². The summed E-state index contributed by atoms with van der Waals surface area (Å²) in [4.78, 5) is 12.9. The second kappa shape index (κ2) is 13.4. The molecule has 0 amide bonds. The maximum absolute atomic E-state index is 7.75. The predicted molar refractivity (Wildman–Crippen MR) is 134 cm³/mol. The van der Waals surface area contributed by atoms with Crippen molar-refractivity contribution in [3.63, 3.8) is 0 Å². The first kappa shape index (κ1) is 35.2. The number of carbonyl (C=O) groups excluding carboxylic acids is 1. The molecular formula is C24H46ClIrNOP2. The molecule has 0 spiro atoms. The Balaban J connectivity index is -0.00000176. The number of halogens is 1. The Bertz CT molecular complexity index is 536. The molecule has 0 N–H and O–H groups in total. The van der Waals surface area contributed by atoms with E-state index in [0.29, 0.717) is 20.6 Å². The van der Waals surface area contributed by atoms with Crippen molar-refractivity contribution < 1.29 is 37.3 Å². The number of hydrogen-bond donors (Lipinski definition) is 0. The van der Waals surface area contributed by atoms with Crippen molar-refractivity contribution in [1.82, 2.24) is 4.98 Å². The van der Waals surface area contributed by atoms with Gasteiger partial charge in [-0.25, -0.2) is 0 Å². The molecule has 0 aliphatic rings. The van der Waals surface area contributed by atoms with E-state index in [0.717, 1.165) is 0 Å². The SMILES string of the molecule is CC(C)(C)[PH+](Cc1cccc(C[PH+](C(C)(C)C)C(C)(C)C)n1)C(C)(C)C.[CH-]=O.[Cl-].[Ir]. The molecule has 1 aromatic rings. The third-order valence-corrected chi connectivity index (χ3v) is 13.9. The smallest absolute Gasteiger partial charge is 0.1000 e. The number of pyridine rings is 1. The first-order chi connectivity index (χ1) is 12.4. The zero-order chi connectivity index (χ0) is 22.6. The van der Waals surface area contributed by atoms with Gasteiger partial charge in [0.15, 0.2) is 0 Å². The molecule has 0 unspecified atom stereocenters. The molecule has 30 heavy (non-hydrogen) atoms. The van der Waals surface area contributed by atoms with E-state index in [4.69, 9.17) is 9.78 Å². The second-order valence-electron chi connectivity index (χ2n) is 11.9. The minimum atomic E-state index is -0.583. The van der Waals surface area contributed by atoms with Gasteiger partial charge in [-0.05, 0) is 95.2 Å². The Morgan fingerprint density at radius 2 is 0.900 bits per heavy atom. The van der Waals surface area contributed by atoms with Crippen molar-refractivity contribution in [3.05, 3.63) is 29.6 Å². The standard InChI is InChI=1S/C23H43NP2.CHO.ClH.Ir/c1-20(2,3)25(21(4,5)6)16-18-14-13-15-19(24-18)17-26(22(7,8)9)23(10,11)12;1-2;;/h13-15H,16-17H2,1-12H3;1H;1H;/q;-1;;/p+1. The summed E-state index contributed by atoms with van der Waals surface area (Å²) in [7, 11) is -1.17. The van der Waals surface area contributed by atoms with E-state index >= 15 is 0 Å². The van der Waals surface area contributed by atoms with Crippen molar-refractivity contribution in [3.8, 4) is 0 Å². The third-order valence-electron chi connectivity index (χ3n) is 5.20. The largest absolute Gasteiger partial charge is 1.00 e. The summed E-state index contributed by atoms with van der Waals surface area (Å²) in [5.74, 6) is 0. The van der Waals surface area contributed by atoms with Crippen LogP contribution >= 0.6 is 15.8 Å². The van der Waals surface area contributed by atoms with E-state index < -0.39 is 15.8 Å². The van der Waals surface area contributed by atoms with Crippen LogP contribution < -0.4 is 12.4 Å². The number of aromatic nitrogens is 1. The maximum Gasteiger partial charge on any atom is 0.1000 e. The van der Waals surface area contributed by atoms with Crippen molar-refractivity contribution in [2.75, 3.05) is 0 Å². The van der Waals surface area contributed by atoms with Crippen LogP contribution in [0.5, 0.6) is 0 Å². The fourth-order valence-electron chi connectivity index (χ4n) is 4.40. The summed E-state index contributed by atoms with van der Waals surface area (Å²) in [5, 5.41) is 1.53. The van der Waals surface area contributed by atoms with Crippen LogP contribution in [0.2, 0.25) is 0 Å². The minimum Gasteiger partial charge on any atom is -1.00 e. The van der Waals surface area contributed by atoms with Gasteiger partial charge in [-0.15, -0.1) is 0 Å². The van der Waals surface area contributed by atoms with Gasteiger partial charge in [0.2, 0.25) is 0 Å². The molecule has 6 heteroatoms. The quantitative estimate of drug-likeness (QED) is 0.274. The Hall–Kier alpha value is 0.619. The van der Waals surface area contributed by atoms with Gasteiger partial charge in [-0.3, -0.25) is 11.8 Å². The molecular weight excluding hydrogens is 608 g/mol. The molecule has 179 valence electrons. The Morgan fingerprint density at radius 3 is 1.10 bits per heavy atom. The fraction of sp³-hybridized carbons (Fsp3) is 0.750. The van der Waals surface area contributed by atoms with Crippen LogP contribution in [0.3, 0.4) is 0 Å². The van der Waals surface area contributed by atoms with Crippen LogP contribution in [-0.2, 0) is 37.2 Å². The second-order valence-corrected chi connectivity index (χ2v) is 20.6. The zero-order valence-electron chi connectivity index (χ0n) is 21.3. The third kappa shape index (κ3) is 12.0. The van der Waals surface area contributed by atoms with E-state index in [1.807, 2.05) is 0 Å². The summed E-state index contributed by atoms with van der Waals surface area (Å²) in [5.41, 5.74) is 2.62. The van der Waals surface area contributed by atoms with Crippen LogP contribution in [0.4, 0.5) is 0 Å². The zero-order valence-corrected chi connectivity index (χ0v) is 26.4. The van der Waals surface area contributed by atoms with Crippen LogP contribution in [0.15, 0.2) is 18.2 Å². The monoisotopic (exact) mass is 654 g/mol. The van der Waals surface area contributed by atoms with Crippen molar-refractivity contribution in [2.45, 2.75) is 116 Å². The minimum absolute atomic E-state index is 0. The predicted octanol–water partition coefficient (Wildman–Crippen LogP) is 4.43. The van der Waals surface area contributed by atoms with E-state index in [2.05, 4.69) is 108 Å². The molecule has 0 atom stereocenters. The van der Waals surface area contributed by atoms with Gasteiger partial charge in [-0.1, -0.05) is 6.07 Å². The Kier molecular flexibility index (Phi) is 15.7. The topological polar surface area (TPSA) is 30.0 Å². The molecule has 0 fully saturated rings. The molecule has 0 aliphatic carbocycles. The van der Waals surface area contributed by atoms with Gasteiger partial charge in [0.25, 0.3) is 0 Å². The molecule has 2 nitrogen and oxygen atoms in total. The first-order valence-corrected chi connectivity index (χ1v) is 13.8. The van der Waals surface area contributed by atoms with Crippen molar-refractivity contribution in [1.29, 1.82) is 0 Å². The Labute approximate surface area is 209 Å². The summed E-state index contributed by atoms with van der Waals surface area (Å²) < 4.78 is 0. The van der Waals surface area contributed by atoms with Crippen LogP contribution in [-0.4, -0.2) is 32.4 Å². The molecule has 0 aliphatic heterocycles. The molecule has 1 rings (SSSR count). The van der Waals surface area contributed by atoms with E-state index in [-0.39, 0.29) is 32.5 Å². The molecule has 0 bridgehead atoms. The number of nitrogens with zero attached hydrogens (tertiary/aromatic N) is 1. The molecule has 1 heterocycles. The maximum atomic E-state index is 7.75. The van der Waals surface area contributed by atoms with Gasteiger partial charge >= 0.3 is 0 Å². The van der Waals surface area contributed by atoms with Crippen LogP contribution in [0, 0.1) is 0 Å². The van der Waals surface area contributed by atoms with Crippen LogP contribution in [0.25, 0.3) is 0 Å². The van der Waals surface area contributed by atoms with Gasteiger partial charge in [0.05, 0.1) is 44.3 Å². The van der Waals surface area contributed by atoms with Gasteiger partial charge in [0, 0.05) is 35.9 Å². The Morgan fingerprint density at radius 1 is 0.667 bits per heavy atom. The first-order valence-electron chi connectivity index (χ1n) is 10.3. The number of hydrogen-bond acceptors (Lipinski definition) is 2. The molecule has 1 radical (unpaired) electrons. The summed E-state index contributed by atoms with van der Waals surface area (Å²) in [6, 6.07) is 6.76. The summed E-state index contributed by atoms with van der Waals surface area (Å²) in [6.07, 6.45) is 2.33. The molecule has 1 aromatic heterocycles. The van der Waals surface area contributed by atoms with Crippen LogP contribution in [0.1, 0.15) is 94.5 Å². The number of rotatable bonds is 4. The van der Waals surface area contributed by atoms with E-state index in [9.17, 15) is 0 Å². The summed E-state index contributed by atoms with van der Waals surface area (Å²) in [6.45, 7) is 32.2. The van der Waals surface area contributed by atoms with Gasteiger partial charge in [-0.2, -0.15) is 0 Å². The molecule has 0 aromatic carbocycles. The average molecular weight is 654 g/mol. The normalized spacial score (nSPS) is 12.6. The van der Waals surface area contributed by atoms with Gasteiger partial charge in [0.1, 0.15) is 0 Å². The van der Waals surface area contributed by atoms with Gasteiger partial charge < -0.3 is 17.2 Å². The van der Waals surface area contributed by atoms with Crippen molar-refractivity contribution >= 4 is 22.6 Å². The molecule has 0 saturated carbocycles.